The van der Waals surface area contributed by atoms with Crippen LogP contribution in [0.25, 0.3) is 10.8 Å². The first-order valence-corrected chi connectivity index (χ1v) is 12.1. The Kier molecular flexibility index (Phi) is 7.46. The van der Waals surface area contributed by atoms with Crippen molar-refractivity contribution in [1.29, 1.82) is 0 Å². The second-order valence-corrected chi connectivity index (χ2v) is 9.05. The van der Waals surface area contributed by atoms with E-state index >= 15 is 0 Å². The molecule has 0 bridgehead atoms. The molecular weight excluding hydrogens is 376 g/mol. The summed E-state index contributed by atoms with van der Waals surface area (Å²) in [6.45, 7) is 6.81. The van der Waals surface area contributed by atoms with E-state index in [2.05, 4.69) is 68.1 Å². The molecule has 162 valence electrons. The predicted octanol–water partition coefficient (Wildman–Crippen LogP) is 8.19. The molecule has 0 radical (unpaired) electrons. The third kappa shape index (κ3) is 5.58. The van der Waals surface area contributed by atoms with E-state index in [0.29, 0.717) is 5.92 Å². The molecule has 31 heavy (non-hydrogen) atoms. The molecular formula is C30H36O. The zero-order valence-corrected chi connectivity index (χ0v) is 19.0. The van der Waals surface area contributed by atoms with Gasteiger partial charge in [-0.2, -0.15) is 0 Å². The van der Waals surface area contributed by atoms with Crippen molar-refractivity contribution >= 4 is 10.8 Å². The highest BCUT2D eigenvalue weighted by Crippen LogP contribution is 2.35. The molecule has 0 heterocycles. The van der Waals surface area contributed by atoms with E-state index in [0.717, 1.165) is 38.0 Å². The molecule has 0 saturated carbocycles. The van der Waals surface area contributed by atoms with E-state index in [4.69, 9.17) is 4.74 Å². The molecule has 0 fully saturated rings. The fraction of sp³-hybridized carbons (Fsp3) is 0.400. The van der Waals surface area contributed by atoms with Gasteiger partial charge in [0, 0.05) is 0 Å². The van der Waals surface area contributed by atoms with Crippen LogP contribution in [0.3, 0.4) is 0 Å². The quantitative estimate of drug-likeness (QED) is 0.241. The summed E-state index contributed by atoms with van der Waals surface area (Å²) in [4.78, 5) is 0. The lowest BCUT2D eigenvalue weighted by Crippen LogP contribution is -2.13. The highest BCUT2D eigenvalue weighted by atomic mass is 16.5. The van der Waals surface area contributed by atoms with Crippen LogP contribution in [0.5, 0.6) is 5.75 Å². The van der Waals surface area contributed by atoms with Gasteiger partial charge < -0.3 is 4.74 Å². The molecule has 3 aromatic rings. The normalized spacial score (nSPS) is 15.6. The molecule has 0 amide bonds. The maximum atomic E-state index is 5.93. The standard InChI is InChI=1S/C30H36O/c1-3-5-7-9-23-10-11-25-20-26(13-12-24(25)19-23)27-14-15-29-22-30(17-16-28(29)21-27)31-18-8-6-4-2/h4,10-13,16-17,19-20,22,27H,2-3,5-9,14-15,18,21H2,1H3. The predicted molar refractivity (Wildman–Crippen MR) is 133 cm³/mol. The van der Waals surface area contributed by atoms with Crippen molar-refractivity contribution in [3.8, 4) is 5.75 Å². The zero-order chi connectivity index (χ0) is 21.5. The second-order valence-electron chi connectivity index (χ2n) is 9.05. The van der Waals surface area contributed by atoms with E-state index in [9.17, 15) is 0 Å². The summed E-state index contributed by atoms with van der Waals surface area (Å²) in [5.74, 6) is 1.63. The Morgan fingerprint density at radius 3 is 2.68 bits per heavy atom. The number of hydrogen-bond acceptors (Lipinski definition) is 1. The molecule has 1 aliphatic carbocycles. The van der Waals surface area contributed by atoms with Gasteiger partial charge in [0.05, 0.1) is 6.61 Å². The van der Waals surface area contributed by atoms with E-state index < -0.39 is 0 Å². The van der Waals surface area contributed by atoms with Gasteiger partial charge in [-0.3, -0.25) is 0 Å². The lowest BCUT2D eigenvalue weighted by Gasteiger charge is -2.26. The molecule has 1 heteroatoms. The fourth-order valence-electron chi connectivity index (χ4n) is 4.83. The average Bonchev–Trinajstić information content (AvgIpc) is 2.81. The van der Waals surface area contributed by atoms with Gasteiger partial charge in [0.1, 0.15) is 5.75 Å². The van der Waals surface area contributed by atoms with Gasteiger partial charge >= 0.3 is 0 Å². The van der Waals surface area contributed by atoms with Crippen LogP contribution >= 0.6 is 0 Å². The minimum Gasteiger partial charge on any atom is -0.494 e. The van der Waals surface area contributed by atoms with E-state index in [1.54, 1.807) is 0 Å². The molecule has 4 rings (SSSR count). The number of unbranched alkanes of at least 4 members (excludes halogenated alkanes) is 3. The summed E-state index contributed by atoms with van der Waals surface area (Å²) in [7, 11) is 0. The summed E-state index contributed by atoms with van der Waals surface area (Å²) in [6.07, 6.45) is 12.6. The maximum absolute atomic E-state index is 5.93. The Morgan fingerprint density at radius 1 is 0.935 bits per heavy atom. The Bertz CT molecular complexity index is 1020. The van der Waals surface area contributed by atoms with Crippen molar-refractivity contribution in [1.82, 2.24) is 0 Å². The largest absolute Gasteiger partial charge is 0.494 e. The first-order valence-electron chi connectivity index (χ1n) is 12.1. The Morgan fingerprint density at radius 2 is 1.81 bits per heavy atom. The highest BCUT2D eigenvalue weighted by molar-refractivity contribution is 5.84. The summed E-state index contributed by atoms with van der Waals surface area (Å²) in [5, 5.41) is 2.76. The van der Waals surface area contributed by atoms with E-state index in [1.807, 2.05) is 6.08 Å². The minimum atomic E-state index is 0.612. The van der Waals surface area contributed by atoms with Gasteiger partial charge in [0.15, 0.2) is 0 Å². The number of ether oxygens (including phenoxy) is 1. The molecule has 1 aliphatic rings. The molecule has 1 nitrogen and oxygen atoms in total. The average molecular weight is 413 g/mol. The SMILES string of the molecule is C=CCCCOc1ccc2c(c1)CCC(c1ccc3cc(CCCCC)ccc3c1)C2. The van der Waals surface area contributed by atoms with Gasteiger partial charge in [-0.05, 0) is 96.0 Å². The van der Waals surface area contributed by atoms with Crippen molar-refractivity contribution in [2.45, 2.75) is 70.6 Å². The van der Waals surface area contributed by atoms with Crippen LogP contribution in [0.1, 0.15) is 73.6 Å². The third-order valence-corrected chi connectivity index (χ3v) is 6.70. The summed E-state index contributed by atoms with van der Waals surface area (Å²) >= 11 is 0. The summed E-state index contributed by atoms with van der Waals surface area (Å²) in [5.41, 5.74) is 5.92. The van der Waals surface area contributed by atoms with Crippen molar-refractivity contribution in [3.63, 3.8) is 0 Å². The number of benzene rings is 3. The van der Waals surface area contributed by atoms with Gasteiger partial charge in [-0.25, -0.2) is 0 Å². The molecule has 0 aromatic heterocycles. The van der Waals surface area contributed by atoms with Crippen LogP contribution in [-0.4, -0.2) is 6.61 Å². The van der Waals surface area contributed by atoms with Gasteiger partial charge in [0.25, 0.3) is 0 Å². The first kappa shape index (κ1) is 21.7. The lowest BCUT2D eigenvalue weighted by atomic mass is 9.79. The minimum absolute atomic E-state index is 0.612. The van der Waals surface area contributed by atoms with Gasteiger partial charge in [0.2, 0.25) is 0 Å². The zero-order valence-electron chi connectivity index (χ0n) is 19.0. The maximum Gasteiger partial charge on any atom is 0.119 e. The second kappa shape index (κ2) is 10.7. The number of allylic oxidation sites excluding steroid dienone is 1. The van der Waals surface area contributed by atoms with Gasteiger partial charge in [-0.1, -0.05) is 68.3 Å². The summed E-state index contributed by atoms with van der Waals surface area (Å²) < 4.78 is 5.93. The summed E-state index contributed by atoms with van der Waals surface area (Å²) in [6, 6.07) is 20.9. The van der Waals surface area contributed by atoms with Crippen LogP contribution < -0.4 is 4.74 Å². The van der Waals surface area contributed by atoms with Crippen molar-refractivity contribution in [2.75, 3.05) is 6.61 Å². The number of aryl methyl sites for hydroxylation is 2. The first-order chi connectivity index (χ1) is 15.3. The van der Waals surface area contributed by atoms with Gasteiger partial charge in [-0.15, -0.1) is 6.58 Å². The molecule has 1 unspecified atom stereocenters. The van der Waals surface area contributed by atoms with Crippen LogP contribution in [0, 0.1) is 0 Å². The smallest absolute Gasteiger partial charge is 0.119 e. The number of fused-ring (bicyclic) bond motifs is 2. The van der Waals surface area contributed by atoms with Crippen molar-refractivity contribution in [3.05, 3.63) is 89.5 Å². The van der Waals surface area contributed by atoms with E-state index in [-0.39, 0.29) is 0 Å². The monoisotopic (exact) mass is 412 g/mol. The van der Waals surface area contributed by atoms with Crippen molar-refractivity contribution in [2.24, 2.45) is 0 Å². The fourth-order valence-corrected chi connectivity index (χ4v) is 4.83. The highest BCUT2D eigenvalue weighted by Gasteiger charge is 2.21. The molecule has 3 aromatic carbocycles. The number of rotatable bonds is 10. The van der Waals surface area contributed by atoms with Crippen LogP contribution in [0.2, 0.25) is 0 Å². The molecule has 1 atom stereocenters. The van der Waals surface area contributed by atoms with Crippen LogP contribution in [0.4, 0.5) is 0 Å². The molecule has 0 saturated heterocycles. The molecule has 0 aliphatic heterocycles. The van der Waals surface area contributed by atoms with Crippen LogP contribution in [0.15, 0.2) is 67.3 Å². The third-order valence-electron chi connectivity index (χ3n) is 6.70. The lowest BCUT2D eigenvalue weighted by molar-refractivity contribution is 0.311. The van der Waals surface area contributed by atoms with E-state index in [1.165, 1.54) is 65.1 Å². The Hall–Kier alpha value is -2.54. The molecule has 0 N–H and O–H groups in total. The Labute approximate surface area is 188 Å². The topological polar surface area (TPSA) is 9.23 Å². The molecule has 0 spiro atoms. The van der Waals surface area contributed by atoms with Crippen molar-refractivity contribution < 1.29 is 4.74 Å². The Balaban J connectivity index is 1.42. The van der Waals surface area contributed by atoms with Crippen LogP contribution in [-0.2, 0) is 19.3 Å². The number of hydrogen-bond donors (Lipinski definition) is 0.